The van der Waals surface area contributed by atoms with Crippen LogP contribution >= 0.6 is 11.3 Å². The third-order valence-electron chi connectivity index (χ3n) is 4.02. The summed E-state index contributed by atoms with van der Waals surface area (Å²) in [5, 5.41) is 9.29. The lowest BCUT2D eigenvalue weighted by Gasteiger charge is -2.24. The van der Waals surface area contributed by atoms with Crippen LogP contribution in [0.1, 0.15) is 44.5 Å². The number of rotatable bonds is 7. The van der Waals surface area contributed by atoms with E-state index in [0.717, 1.165) is 23.1 Å². The van der Waals surface area contributed by atoms with E-state index in [1.807, 2.05) is 26.2 Å². The Morgan fingerprint density at radius 3 is 2.58 bits per heavy atom. The minimum absolute atomic E-state index is 0.0445. The molecule has 1 aromatic heterocycles. The van der Waals surface area contributed by atoms with Crippen molar-refractivity contribution < 1.29 is 4.79 Å². The first kappa shape index (κ1) is 20.4. The van der Waals surface area contributed by atoms with Crippen molar-refractivity contribution in [1.82, 2.24) is 15.2 Å². The average Bonchev–Trinajstić information content (AvgIpc) is 2.95. The zero-order valence-corrected chi connectivity index (χ0v) is 17.5. The number of carbonyl (C=O) groups excluding carboxylic acids is 1. The molecular weight excluding hydrogens is 344 g/mol. The number of aryl methyl sites for hydroxylation is 2. The number of likely N-dealkylation sites (N-methyl/N-ethyl adjacent to an activating group) is 1. The number of amides is 1. The van der Waals surface area contributed by atoms with E-state index in [-0.39, 0.29) is 11.4 Å². The van der Waals surface area contributed by atoms with Gasteiger partial charge < -0.3 is 10.6 Å². The van der Waals surface area contributed by atoms with E-state index in [1.54, 1.807) is 11.3 Å². The molecule has 0 aliphatic heterocycles. The maximum absolute atomic E-state index is 12.1. The zero-order chi connectivity index (χ0) is 19.3. The molecule has 6 heteroatoms. The van der Waals surface area contributed by atoms with Crippen molar-refractivity contribution in [2.75, 3.05) is 18.4 Å². The third-order valence-corrected chi connectivity index (χ3v) is 4.83. The maximum atomic E-state index is 12.1. The smallest absolute Gasteiger partial charge is 0.234 e. The molecule has 0 saturated carbocycles. The zero-order valence-electron chi connectivity index (χ0n) is 16.6. The van der Waals surface area contributed by atoms with Crippen LogP contribution in [-0.4, -0.2) is 34.4 Å². The van der Waals surface area contributed by atoms with Crippen molar-refractivity contribution in [3.8, 4) is 0 Å². The molecule has 1 heterocycles. The van der Waals surface area contributed by atoms with Gasteiger partial charge in [-0.2, -0.15) is 0 Å². The molecule has 1 amide bonds. The summed E-state index contributed by atoms with van der Waals surface area (Å²) in [5.41, 5.74) is 4.36. The highest BCUT2D eigenvalue weighted by atomic mass is 32.1. The van der Waals surface area contributed by atoms with Gasteiger partial charge in [0.05, 0.1) is 12.2 Å². The highest BCUT2D eigenvalue weighted by Gasteiger charge is 2.17. The van der Waals surface area contributed by atoms with Crippen LogP contribution in [0.2, 0.25) is 0 Å². The molecule has 1 aromatic carbocycles. The number of thiazole rings is 1. The average molecular weight is 375 g/mol. The molecule has 2 aromatic rings. The summed E-state index contributed by atoms with van der Waals surface area (Å²) in [6.45, 7) is 14.1. The Balaban J connectivity index is 1.95. The van der Waals surface area contributed by atoms with Crippen LogP contribution in [0.25, 0.3) is 0 Å². The topological polar surface area (TPSA) is 57.3 Å². The van der Waals surface area contributed by atoms with E-state index in [1.165, 1.54) is 11.1 Å². The normalized spacial score (nSPS) is 11.7. The van der Waals surface area contributed by atoms with Gasteiger partial charge in [-0.3, -0.25) is 9.69 Å². The summed E-state index contributed by atoms with van der Waals surface area (Å²) in [6, 6.07) is 6.31. The molecule has 0 spiro atoms. The first-order valence-electron chi connectivity index (χ1n) is 8.98. The summed E-state index contributed by atoms with van der Waals surface area (Å²) in [4.78, 5) is 18.9. The Morgan fingerprint density at radius 1 is 1.23 bits per heavy atom. The van der Waals surface area contributed by atoms with E-state index < -0.39 is 0 Å². The van der Waals surface area contributed by atoms with E-state index >= 15 is 0 Å². The number of nitrogens with one attached hydrogen (secondary N) is 2. The number of benzene rings is 1. The highest BCUT2D eigenvalue weighted by Crippen LogP contribution is 2.23. The Bertz CT molecular complexity index is 749. The van der Waals surface area contributed by atoms with Crippen LogP contribution in [0, 0.1) is 13.8 Å². The molecule has 0 aliphatic carbocycles. The summed E-state index contributed by atoms with van der Waals surface area (Å²) in [7, 11) is 0. The Labute approximate surface area is 160 Å². The molecule has 2 rings (SSSR count). The Kier molecular flexibility index (Phi) is 6.78. The summed E-state index contributed by atoms with van der Waals surface area (Å²) in [6.07, 6.45) is 0. The lowest BCUT2D eigenvalue weighted by Crippen LogP contribution is -2.45. The fourth-order valence-electron chi connectivity index (χ4n) is 2.55. The Morgan fingerprint density at radius 2 is 1.96 bits per heavy atom. The molecule has 26 heavy (non-hydrogen) atoms. The van der Waals surface area contributed by atoms with Crippen molar-refractivity contribution in [1.29, 1.82) is 0 Å². The molecule has 0 saturated heterocycles. The van der Waals surface area contributed by atoms with Gasteiger partial charge in [-0.1, -0.05) is 13.0 Å². The van der Waals surface area contributed by atoms with E-state index in [4.69, 9.17) is 0 Å². The van der Waals surface area contributed by atoms with Gasteiger partial charge in [0.2, 0.25) is 5.91 Å². The molecule has 0 bridgehead atoms. The molecule has 0 unspecified atom stereocenters. The number of carbonyl (C=O) groups is 1. The minimum atomic E-state index is -0.208. The second-order valence-electron chi connectivity index (χ2n) is 7.67. The molecule has 0 fully saturated rings. The van der Waals surface area contributed by atoms with Crippen molar-refractivity contribution in [3.05, 3.63) is 40.4 Å². The standard InChI is InChI=1S/C20H30N4OS/c1-7-24(12-18(25)23-20(4,5)6)11-17-13-26-19(22-17)21-16-9-8-14(2)15(3)10-16/h8-10,13H,7,11-12H2,1-6H3,(H,21,22)(H,23,25). The summed E-state index contributed by atoms with van der Waals surface area (Å²) in [5.74, 6) is 0.0445. The highest BCUT2D eigenvalue weighted by molar-refractivity contribution is 7.13. The van der Waals surface area contributed by atoms with Crippen LogP contribution in [0.15, 0.2) is 23.6 Å². The van der Waals surface area contributed by atoms with Crippen LogP contribution in [0.4, 0.5) is 10.8 Å². The number of aromatic nitrogens is 1. The van der Waals surface area contributed by atoms with Crippen molar-refractivity contribution >= 4 is 28.1 Å². The second kappa shape index (κ2) is 8.64. The monoisotopic (exact) mass is 374 g/mol. The number of anilines is 2. The Hall–Kier alpha value is -1.92. The van der Waals surface area contributed by atoms with Gasteiger partial charge in [0.25, 0.3) is 0 Å². The van der Waals surface area contributed by atoms with Gasteiger partial charge in [0, 0.05) is 23.2 Å². The first-order valence-corrected chi connectivity index (χ1v) is 9.86. The summed E-state index contributed by atoms with van der Waals surface area (Å²) < 4.78 is 0. The molecule has 5 nitrogen and oxygen atoms in total. The van der Waals surface area contributed by atoms with Crippen LogP contribution in [0.3, 0.4) is 0 Å². The van der Waals surface area contributed by atoms with Gasteiger partial charge in [0.1, 0.15) is 0 Å². The number of nitrogens with zero attached hydrogens (tertiary/aromatic N) is 2. The fourth-order valence-corrected chi connectivity index (χ4v) is 3.27. The van der Waals surface area contributed by atoms with Crippen LogP contribution in [-0.2, 0) is 11.3 Å². The predicted octanol–water partition coefficient (Wildman–Crippen LogP) is 4.24. The van der Waals surface area contributed by atoms with E-state index in [0.29, 0.717) is 13.1 Å². The fraction of sp³-hybridized carbons (Fsp3) is 0.500. The van der Waals surface area contributed by atoms with Crippen molar-refractivity contribution in [3.63, 3.8) is 0 Å². The lowest BCUT2D eigenvalue weighted by molar-refractivity contribution is -0.123. The molecule has 0 atom stereocenters. The van der Waals surface area contributed by atoms with Gasteiger partial charge in [0.15, 0.2) is 5.13 Å². The quantitative estimate of drug-likeness (QED) is 0.761. The van der Waals surface area contributed by atoms with Crippen molar-refractivity contribution in [2.45, 2.75) is 53.6 Å². The van der Waals surface area contributed by atoms with Gasteiger partial charge in [-0.05, 0) is 64.4 Å². The van der Waals surface area contributed by atoms with Gasteiger partial charge >= 0.3 is 0 Å². The van der Waals surface area contributed by atoms with Crippen LogP contribution in [0.5, 0.6) is 0 Å². The van der Waals surface area contributed by atoms with Gasteiger partial charge in [-0.25, -0.2) is 4.98 Å². The number of hydrogen-bond donors (Lipinski definition) is 2. The molecule has 2 N–H and O–H groups in total. The maximum Gasteiger partial charge on any atom is 0.234 e. The largest absolute Gasteiger partial charge is 0.350 e. The SMILES string of the molecule is CCN(CC(=O)NC(C)(C)C)Cc1csc(Nc2ccc(C)c(C)c2)n1. The van der Waals surface area contributed by atoms with Crippen LogP contribution < -0.4 is 10.6 Å². The van der Waals surface area contributed by atoms with Crippen molar-refractivity contribution in [2.24, 2.45) is 0 Å². The number of hydrogen-bond acceptors (Lipinski definition) is 5. The third kappa shape index (κ3) is 6.42. The molecule has 0 aliphatic rings. The molecule has 0 radical (unpaired) electrons. The van der Waals surface area contributed by atoms with Gasteiger partial charge in [-0.15, -0.1) is 11.3 Å². The molecular formula is C20H30N4OS. The second-order valence-corrected chi connectivity index (χ2v) is 8.53. The minimum Gasteiger partial charge on any atom is -0.350 e. The predicted molar refractivity (Wildman–Crippen MR) is 110 cm³/mol. The lowest BCUT2D eigenvalue weighted by atomic mass is 10.1. The summed E-state index contributed by atoms with van der Waals surface area (Å²) >= 11 is 1.59. The van der Waals surface area contributed by atoms with E-state index in [2.05, 4.69) is 59.5 Å². The van der Waals surface area contributed by atoms with E-state index in [9.17, 15) is 4.79 Å². The first-order chi connectivity index (χ1) is 12.2. The molecule has 142 valence electrons.